The number of H-pyrrole nitrogens is 1. The van der Waals surface area contributed by atoms with Gasteiger partial charge in [0.05, 0.1) is 12.3 Å². The Morgan fingerprint density at radius 3 is 2.71 bits per heavy atom. The lowest BCUT2D eigenvalue weighted by Crippen LogP contribution is -2.16. The van der Waals surface area contributed by atoms with E-state index in [4.69, 9.17) is 9.47 Å². The molecule has 5 heteroatoms. The number of hydrogen-bond donors (Lipinski definition) is 1. The van der Waals surface area contributed by atoms with Gasteiger partial charge in [0.2, 0.25) is 0 Å². The van der Waals surface area contributed by atoms with Crippen molar-refractivity contribution >= 4 is 0 Å². The second-order valence-electron chi connectivity index (χ2n) is 4.68. The monoisotopic (exact) mass is 288 g/mol. The normalized spacial score (nSPS) is 10.6. The van der Waals surface area contributed by atoms with Gasteiger partial charge in [-0.15, -0.1) is 0 Å². The first-order valence-electron chi connectivity index (χ1n) is 6.98. The van der Waals surface area contributed by atoms with Gasteiger partial charge in [0.15, 0.2) is 0 Å². The fourth-order valence-corrected chi connectivity index (χ4v) is 2.03. The molecule has 2 rings (SSSR count). The van der Waals surface area contributed by atoms with Gasteiger partial charge in [-0.1, -0.05) is 19.1 Å². The van der Waals surface area contributed by atoms with E-state index in [9.17, 15) is 4.79 Å². The van der Waals surface area contributed by atoms with Crippen LogP contribution >= 0.6 is 0 Å². The molecule has 1 N–H and O–H groups in total. The molecular weight excluding hydrogens is 268 g/mol. The highest BCUT2D eigenvalue weighted by Gasteiger charge is 2.13. The fourth-order valence-electron chi connectivity index (χ4n) is 2.03. The van der Waals surface area contributed by atoms with Crippen LogP contribution < -0.4 is 10.3 Å². The highest BCUT2D eigenvalue weighted by Crippen LogP contribution is 2.29. The molecule has 0 aliphatic carbocycles. The molecule has 0 radical (unpaired) electrons. The first-order chi connectivity index (χ1) is 10.2. The number of nitrogens with one attached hydrogen (secondary N) is 1. The van der Waals surface area contributed by atoms with Gasteiger partial charge in [0.1, 0.15) is 18.2 Å². The highest BCUT2D eigenvalue weighted by atomic mass is 16.5. The molecule has 112 valence electrons. The van der Waals surface area contributed by atoms with Gasteiger partial charge in [-0.25, -0.2) is 4.98 Å². The van der Waals surface area contributed by atoms with Crippen molar-refractivity contribution < 1.29 is 9.47 Å². The number of aryl methyl sites for hydroxylation is 1. The Hall–Kier alpha value is -2.14. The van der Waals surface area contributed by atoms with Crippen LogP contribution in [0.2, 0.25) is 0 Å². The molecule has 0 amide bonds. The molecule has 0 saturated carbocycles. The minimum atomic E-state index is -0.108. The van der Waals surface area contributed by atoms with Crippen molar-refractivity contribution in [3.05, 3.63) is 46.0 Å². The Morgan fingerprint density at radius 2 is 2.00 bits per heavy atom. The van der Waals surface area contributed by atoms with Gasteiger partial charge in [-0.05, 0) is 19.1 Å². The molecule has 0 spiro atoms. The second-order valence-corrected chi connectivity index (χ2v) is 4.68. The van der Waals surface area contributed by atoms with Crippen LogP contribution in [0.15, 0.2) is 29.1 Å². The van der Waals surface area contributed by atoms with Crippen molar-refractivity contribution in [3.63, 3.8) is 0 Å². The summed E-state index contributed by atoms with van der Waals surface area (Å²) in [7, 11) is 1.63. The number of para-hydroxylation sites is 1. The number of aromatic amines is 1. The molecule has 1 aromatic carbocycles. The molecule has 0 unspecified atom stereocenters. The van der Waals surface area contributed by atoms with Crippen molar-refractivity contribution in [1.82, 2.24) is 9.97 Å². The summed E-state index contributed by atoms with van der Waals surface area (Å²) in [4.78, 5) is 19.3. The summed E-state index contributed by atoms with van der Waals surface area (Å²) < 4.78 is 10.7. The summed E-state index contributed by atoms with van der Waals surface area (Å²) in [6, 6.07) is 7.59. The summed E-state index contributed by atoms with van der Waals surface area (Å²) in [5, 5.41) is 0. The molecule has 2 aromatic rings. The lowest BCUT2D eigenvalue weighted by molar-refractivity contribution is 0.146. The Kier molecular flexibility index (Phi) is 5.11. The quantitative estimate of drug-likeness (QED) is 0.829. The number of hydrogen-bond acceptors (Lipinski definition) is 4. The average Bonchev–Trinajstić information content (AvgIpc) is 2.51. The van der Waals surface area contributed by atoms with Gasteiger partial charge in [0, 0.05) is 24.7 Å². The van der Waals surface area contributed by atoms with Crippen LogP contribution in [-0.2, 0) is 11.2 Å². The van der Waals surface area contributed by atoms with E-state index in [1.165, 1.54) is 0 Å². The van der Waals surface area contributed by atoms with Gasteiger partial charge >= 0.3 is 0 Å². The number of methoxy groups -OCH3 is 1. The van der Waals surface area contributed by atoms with Crippen molar-refractivity contribution in [2.24, 2.45) is 0 Å². The van der Waals surface area contributed by atoms with Crippen LogP contribution in [0, 0.1) is 6.92 Å². The van der Waals surface area contributed by atoms with Crippen molar-refractivity contribution in [3.8, 4) is 17.0 Å². The van der Waals surface area contributed by atoms with Crippen LogP contribution in [0.4, 0.5) is 0 Å². The molecule has 1 aromatic heterocycles. The Labute approximate surface area is 124 Å². The van der Waals surface area contributed by atoms with Crippen LogP contribution in [0.3, 0.4) is 0 Å². The first-order valence-corrected chi connectivity index (χ1v) is 6.98. The Balaban J connectivity index is 2.46. The van der Waals surface area contributed by atoms with E-state index < -0.39 is 0 Å². The third-order valence-electron chi connectivity index (χ3n) is 3.22. The van der Waals surface area contributed by atoms with Crippen molar-refractivity contribution in [1.29, 1.82) is 0 Å². The average molecular weight is 288 g/mol. The van der Waals surface area contributed by atoms with E-state index in [1.54, 1.807) is 14.0 Å². The van der Waals surface area contributed by atoms with E-state index in [2.05, 4.69) is 9.97 Å². The van der Waals surface area contributed by atoms with Crippen LogP contribution in [0.1, 0.15) is 18.3 Å². The Morgan fingerprint density at radius 1 is 1.24 bits per heavy atom. The number of aromatic nitrogens is 2. The minimum absolute atomic E-state index is 0.108. The van der Waals surface area contributed by atoms with E-state index in [0.717, 1.165) is 5.56 Å². The highest BCUT2D eigenvalue weighted by molar-refractivity contribution is 5.69. The SMILES string of the molecule is CCc1nc(-c2ccccc2OCCOC)c(C)c(=O)[nH]1. The molecule has 0 aliphatic rings. The summed E-state index contributed by atoms with van der Waals surface area (Å²) in [5.41, 5.74) is 1.98. The van der Waals surface area contributed by atoms with E-state index in [0.29, 0.717) is 42.5 Å². The summed E-state index contributed by atoms with van der Waals surface area (Å²) >= 11 is 0. The van der Waals surface area contributed by atoms with E-state index >= 15 is 0 Å². The van der Waals surface area contributed by atoms with Gasteiger partial charge in [-0.3, -0.25) is 4.79 Å². The van der Waals surface area contributed by atoms with Gasteiger partial charge < -0.3 is 14.5 Å². The first kappa shape index (κ1) is 15.3. The van der Waals surface area contributed by atoms with E-state index in [1.807, 2.05) is 31.2 Å². The Bertz CT molecular complexity index is 665. The second kappa shape index (κ2) is 7.04. The van der Waals surface area contributed by atoms with Gasteiger partial charge in [0.25, 0.3) is 5.56 Å². The fraction of sp³-hybridized carbons (Fsp3) is 0.375. The maximum Gasteiger partial charge on any atom is 0.254 e. The maximum atomic E-state index is 12.0. The zero-order chi connectivity index (χ0) is 15.2. The predicted molar refractivity (Wildman–Crippen MR) is 81.8 cm³/mol. The molecule has 5 nitrogen and oxygen atoms in total. The molecule has 0 bridgehead atoms. The van der Waals surface area contributed by atoms with Crippen molar-refractivity contribution in [2.75, 3.05) is 20.3 Å². The van der Waals surface area contributed by atoms with Crippen LogP contribution in [0.5, 0.6) is 5.75 Å². The standard InChI is InChI=1S/C16H20N2O3/c1-4-14-17-15(11(2)16(19)18-14)12-7-5-6-8-13(12)21-10-9-20-3/h5-8H,4,9-10H2,1-3H3,(H,17,18,19). The zero-order valence-corrected chi connectivity index (χ0v) is 12.6. The summed E-state index contributed by atoms with van der Waals surface area (Å²) in [6.45, 7) is 4.69. The zero-order valence-electron chi connectivity index (χ0n) is 12.6. The molecule has 0 aliphatic heterocycles. The van der Waals surface area contributed by atoms with Gasteiger partial charge in [-0.2, -0.15) is 0 Å². The van der Waals surface area contributed by atoms with Crippen molar-refractivity contribution in [2.45, 2.75) is 20.3 Å². The minimum Gasteiger partial charge on any atom is -0.490 e. The molecule has 0 saturated heterocycles. The molecule has 0 atom stereocenters. The summed E-state index contributed by atoms with van der Waals surface area (Å²) in [5.74, 6) is 1.38. The third-order valence-corrected chi connectivity index (χ3v) is 3.22. The lowest BCUT2D eigenvalue weighted by Gasteiger charge is -2.12. The number of benzene rings is 1. The smallest absolute Gasteiger partial charge is 0.254 e. The van der Waals surface area contributed by atoms with Crippen LogP contribution in [-0.4, -0.2) is 30.3 Å². The largest absolute Gasteiger partial charge is 0.490 e. The van der Waals surface area contributed by atoms with E-state index in [-0.39, 0.29) is 5.56 Å². The number of rotatable bonds is 6. The number of ether oxygens (including phenoxy) is 2. The third kappa shape index (κ3) is 3.49. The predicted octanol–water partition coefficient (Wildman–Crippen LogP) is 2.33. The lowest BCUT2D eigenvalue weighted by atomic mass is 10.1. The maximum absolute atomic E-state index is 12.0. The van der Waals surface area contributed by atoms with Crippen LogP contribution in [0.25, 0.3) is 11.3 Å². The summed E-state index contributed by atoms with van der Waals surface area (Å²) in [6.07, 6.45) is 0.676. The number of nitrogens with zero attached hydrogens (tertiary/aromatic N) is 1. The topological polar surface area (TPSA) is 64.2 Å². The molecule has 21 heavy (non-hydrogen) atoms. The molecular formula is C16H20N2O3. The molecule has 0 fully saturated rings. The molecule has 1 heterocycles.